The van der Waals surface area contributed by atoms with Crippen LogP contribution < -0.4 is 15.9 Å². The summed E-state index contributed by atoms with van der Waals surface area (Å²) in [6.07, 6.45) is -3.65. The first-order valence-electron chi connectivity index (χ1n) is 9.28. The van der Waals surface area contributed by atoms with Gasteiger partial charge in [-0.2, -0.15) is 14.0 Å². The molecule has 0 saturated carbocycles. The molecule has 0 aliphatic rings. The number of aromatic nitrogens is 3. The number of benzene rings is 1. The van der Waals surface area contributed by atoms with Crippen LogP contribution in [0.3, 0.4) is 0 Å². The van der Waals surface area contributed by atoms with Gasteiger partial charge >= 0.3 is 12.3 Å². The fraction of sp³-hybridized carbons (Fsp3) is 0.238. The molecular weight excluding hydrogens is 451 g/mol. The lowest BCUT2D eigenvalue weighted by Gasteiger charge is -2.19. The molecule has 12 heteroatoms. The second-order valence-electron chi connectivity index (χ2n) is 7.07. The molecule has 3 rings (SSSR count). The van der Waals surface area contributed by atoms with Crippen LogP contribution in [0.2, 0.25) is 0 Å². The Morgan fingerprint density at radius 1 is 1.24 bits per heavy atom. The minimum absolute atomic E-state index is 0.0185. The number of alkyl halides is 4. The molecule has 33 heavy (non-hydrogen) atoms. The highest BCUT2D eigenvalue weighted by atomic mass is 19.3. The van der Waals surface area contributed by atoms with Crippen molar-refractivity contribution in [3.05, 3.63) is 85.2 Å². The van der Waals surface area contributed by atoms with Gasteiger partial charge in [-0.1, -0.05) is 0 Å². The van der Waals surface area contributed by atoms with Crippen LogP contribution >= 0.6 is 0 Å². The number of halogens is 5. The summed E-state index contributed by atoms with van der Waals surface area (Å²) in [6.45, 7) is 2.46. The van der Waals surface area contributed by atoms with E-state index in [1.54, 1.807) is 13.0 Å². The molecule has 0 unspecified atom stereocenters. The predicted octanol–water partition coefficient (Wildman–Crippen LogP) is 3.76. The van der Waals surface area contributed by atoms with Crippen molar-refractivity contribution < 1.29 is 26.7 Å². The van der Waals surface area contributed by atoms with Gasteiger partial charge in [0.25, 0.3) is 11.1 Å². The van der Waals surface area contributed by atoms with Gasteiger partial charge in [0.2, 0.25) is 5.75 Å². The van der Waals surface area contributed by atoms with Gasteiger partial charge in [-0.25, -0.2) is 18.2 Å². The standard InChI is InChI=1S/C21H15F5N4O3/c1-10-3-4-12(18(31)29-10)8-30-9-28-17(21(25,26)20(23)24)16(19(30)32)33-15-6-14(22)5-13(7-27)11(15)2/h3-6,9,20H,8H2,1-2H3,(H,29,31). The number of H-pyrrole nitrogens is 1. The first-order chi connectivity index (χ1) is 15.4. The van der Waals surface area contributed by atoms with Gasteiger partial charge in [0.05, 0.1) is 24.5 Å². The molecule has 0 aliphatic carbocycles. The molecule has 1 N–H and O–H groups in total. The number of hydrogen-bond acceptors (Lipinski definition) is 5. The van der Waals surface area contributed by atoms with Crippen LogP contribution in [0.1, 0.15) is 28.1 Å². The summed E-state index contributed by atoms with van der Waals surface area (Å²) in [6, 6.07) is 6.15. The van der Waals surface area contributed by atoms with Crippen molar-refractivity contribution in [2.75, 3.05) is 0 Å². The highest BCUT2D eigenvalue weighted by Crippen LogP contribution is 2.39. The van der Waals surface area contributed by atoms with E-state index >= 15 is 0 Å². The Kier molecular flexibility index (Phi) is 6.34. The summed E-state index contributed by atoms with van der Waals surface area (Å²) in [5.74, 6) is -7.66. The third kappa shape index (κ3) is 4.62. The minimum atomic E-state index is -4.88. The lowest BCUT2D eigenvalue weighted by Crippen LogP contribution is -2.32. The number of ether oxygens (including phenoxy) is 1. The smallest absolute Gasteiger partial charge is 0.352 e. The van der Waals surface area contributed by atoms with Crippen molar-refractivity contribution in [1.29, 1.82) is 5.26 Å². The highest BCUT2D eigenvalue weighted by molar-refractivity contribution is 5.48. The van der Waals surface area contributed by atoms with Gasteiger partial charge in [-0.05, 0) is 32.0 Å². The molecule has 0 radical (unpaired) electrons. The van der Waals surface area contributed by atoms with Crippen LogP contribution in [0.5, 0.6) is 11.5 Å². The largest absolute Gasteiger partial charge is 0.449 e. The van der Waals surface area contributed by atoms with E-state index in [4.69, 9.17) is 10.00 Å². The first kappa shape index (κ1) is 23.6. The maximum Gasteiger partial charge on any atom is 0.352 e. The zero-order chi connectivity index (χ0) is 24.5. The van der Waals surface area contributed by atoms with Gasteiger partial charge < -0.3 is 9.72 Å². The summed E-state index contributed by atoms with van der Waals surface area (Å²) in [5, 5.41) is 9.10. The predicted molar refractivity (Wildman–Crippen MR) is 105 cm³/mol. The van der Waals surface area contributed by atoms with Crippen LogP contribution in [0.4, 0.5) is 22.0 Å². The Balaban J connectivity index is 2.20. The molecule has 172 valence electrons. The maximum atomic E-state index is 14.2. The Labute approximate surface area is 182 Å². The molecule has 0 amide bonds. The molecular formula is C21H15F5N4O3. The SMILES string of the molecule is Cc1ccc(Cn2cnc(C(F)(F)C(F)F)c(Oc3cc(F)cc(C#N)c3C)c2=O)c(=O)[nH]1. The molecule has 0 fully saturated rings. The second-order valence-corrected chi connectivity index (χ2v) is 7.07. The summed E-state index contributed by atoms with van der Waals surface area (Å²) in [5.41, 5.74) is -3.21. The number of nitrogens with one attached hydrogen (secondary N) is 1. The van der Waals surface area contributed by atoms with E-state index in [2.05, 4.69) is 9.97 Å². The molecule has 3 aromatic rings. The molecule has 0 aliphatic heterocycles. The van der Waals surface area contributed by atoms with Crippen LogP contribution in [-0.2, 0) is 12.5 Å². The van der Waals surface area contributed by atoms with Crippen molar-refractivity contribution in [1.82, 2.24) is 14.5 Å². The quantitative estimate of drug-likeness (QED) is 0.558. The van der Waals surface area contributed by atoms with E-state index in [9.17, 15) is 31.5 Å². The maximum absolute atomic E-state index is 14.2. The van der Waals surface area contributed by atoms with Gasteiger partial charge in [-0.3, -0.25) is 14.2 Å². The Morgan fingerprint density at radius 2 is 1.94 bits per heavy atom. The average Bonchev–Trinajstić information content (AvgIpc) is 2.74. The van der Waals surface area contributed by atoms with Crippen LogP contribution in [0.15, 0.2) is 40.2 Å². The van der Waals surface area contributed by atoms with Gasteiger partial charge in [-0.15, -0.1) is 0 Å². The highest BCUT2D eigenvalue weighted by Gasteiger charge is 2.48. The average molecular weight is 466 g/mol. The normalized spacial score (nSPS) is 11.5. The van der Waals surface area contributed by atoms with Crippen LogP contribution in [-0.4, -0.2) is 21.0 Å². The van der Waals surface area contributed by atoms with E-state index in [0.717, 1.165) is 6.07 Å². The zero-order valence-corrected chi connectivity index (χ0v) is 17.1. The molecule has 0 spiro atoms. The monoisotopic (exact) mass is 466 g/mol. The zero-order valence-electron chi connectivity index (χ0n) is 17.1. The lowest BCUT2D eigenvalue weighted by atomic mass is 10.1. The Morgan fingerprint density at radius 3 is 2.55 bits per heavy atom. The Hall–Kier alpha value is -4.01. The Bertz CT molecular complexity index is 1380. The third-order valence-corrected chi connectivity index (χ3v) is 4.72. The van der Waals surface area contributed by atoms with Gasteiger partial charge in [0.1, 0.15) is 11.6 Å². The molecule has 1 aromatic carbocycles. The number of pyridine rings is 1. The fourth-order valence-corrected chi connectivity index (χ4v) is 2.91. The van der Waals surface area contributed by atoms with E-state index in [0.29, 0.717) is 22.7 Å². The summed E-state index contributed by atoms with van der Waals surface area (Å²) in [7, 11) is 0. The van der Waals surface area contributed by atoms with E-state index in [1.807, 2.05) is 0 Å². The van der Waals surface area contributed by atoms with Crippen molar-refractivity contribution >= 4 is 0 Å². The second kappa shape index (κ2) is 8.85. The van der Waals surface area contributed by atoms with Gasteiger partial charge in [0, 0.05) is 22.9 Å². The van der Waals surface area contributed by atoms with Crippen LogP contribution in [0.25, 0.3) is 0 Å². The molecule has 2 heterocycles. The number of nitrogens with zero attached hydrogens (tertiary/aromatic N) is 3. The van der Waals surface area contributed by atoms with E-state index in [1.165, 1.54) is 19.1 Å². The fourth-order valence-electron chi connectivity index (χ4n) is 2.91. The van der Waals surface area contributed by atoms with Crippen molar-refractivity contribution in [3.8, 4) is 17.6 Å². The van der Waals surface area contributed by atoms with Crippen molar-refractivity contribution in [3.63, 3.8) is 0 Å². The number of aromatic amines is 1. The third-order valence-electron chi connectivity index (χ3n) is 4.72. The molecule has 0 atom stereocenters. The molecule has 2 aromatic heterocycles. The summed E-state index contributed by atoms with van der Waals surface area (Å²) < 4.78 is 74.2. The number of rotatable bonds is 6. The lowest BCUT2D eigenvalue weighted by molar-refractivity contribution is -0.139. The number of nitriles is 1. The summed E-state index contributed by atoms with van der Waals surface area (Å²) >= 11 is 0. The molecule has 0 saturated heterocycles. The number of hydrogen-bond donors (Lipinski definition) is 1. The van der Waals surface area contributed by atoms with Gasteiger partial charge in [0.15, 0.2) is 5.69 Å². The van der Waals surface area contributed by atoms with E-state index < -0.39 is 53.0 Å². The molecule has 7 nitrogen and oxygen atoms in total. The van der Waals surface area contributed by atoms with Crippen LogP contribution in [0, 0.1) is 31.0 Å². The minimum Gasteiger partial charge on any atom is -0.449 e. The molecule has 0 bridgehead atoms. The first-order valence-corrected chi connectivity index (χ1v) is 9.28. The summed E-state index contributed by atoms with van der Waals surface area (Å²) in [4.78, 5) is 30.8. The van der Waals surface area contributed by atoms with Crippen molar-refractivity contribution in [2.24, 2.45) is 0 Å². The van der Waals surface area contributed by atoms with E-state index in [-0.39, 0.29) is 16.7 Å². The van der Waals surface area contributed by atoms with Crippen molar-refractivity contribution in [2.45, 2.75) is 32.7 Å². The topological polar surface area (TPSA) is 101 Å². The number of aryl methyl sites for hydroxylation is 1.